The van der Waals surface area contributed by atoms with Gasteiger partial charge in [0.1, 0.15) is 12.4 Å². The molecule has 0 aromatic heterocycles. The first-order valence-corrected chi connectivity index (χ1v) is 12.1. The van der Waals surface area contributed by atoms with Gasteiger partial charge in [0, 0.05) is 43.9 Å². The minimum atomic E-state index is 0.0272. The number of carbonyl (C=O) groups is 1. The standard InChI is InChI=1S/C29H34N2O5/c1-21-7-5-8-22(17-21)20-36-25-10-6-9-23(18-25)29(32)31-15-13-30(14-16-31)19-24-11-12-26(33-2)28(35-4)27(24)34-3/h5-12,17-18H,13-16,19-20H2,1-4H3. The molecule has 36 heavy (non-hydrogen) atoms. The minimum Gasteiger partial charge on any atom is -0.493 e. The van der Waals surface area contributed by atoms with Crippen molar-refractivity contribution in [2.45, 2.75) is 20.1 Å². The van der Waals surface area contributed by atoms with Crippen molar-refractivity contribution in [3.05, 3.63) is 82.9 Å². The molecule has 7 heteroatoms. The van der Waals surface area contributed by atoms with Crippen molar-refractivity contribution in [1.82, 2.24) is 9.80 Å². The maximum absolute atomic E-state index is 13.2. The largest absolute Gasteiger partial charge is 0.493 e. The topological polar surface area (TPSA) is 60.5 Å². The second-order valence-corrected chi connectivity index (χ2v) is 8.87. The Bertz CT molecular complexity index is 1190. The molecular weight excluding hydrogens is 456 g/mol. The maximum Gasteiger partial charge on any atom is 0.254 e. The third-order valence-electron chi connectivity index (χ3n) is 6.41. The van der Waals surface area contributed by atoms with Crippen LogP contribution in [0.5, 0.6) is 23.0 Å². The lowest BCUT2D eigenvalue weighted by atomic mass is 10.1. The van der Waals surface area contributed by atoms with Gasteiger partial charge < -0.3 is 23.8 Å². The van der Waals surface area contributed by atoms with E-state index in [2.05, 4.69) is 24.0 Å². The quantitative estimate of drug-likeness (QED) is 0.438. The Hall–Kier alpha value is -3.71. The van der Waals surface area contributed by atoms with E-state index in [1.807, 2.05) is 53.4 Å². The van der Waals surface area contributed by atoms with E-state index >= 15 is 0 Å². The molecule has 1 fully saturated rings. The Morgan fingerprint density at radius 3 is 2.28 bits per heavy atom. The summed E-state index contributed by atoms with van der Waals surface area (Å²) in [4.78, 5) is 17.4. The van der Waals surface area contributed by atoms with Crippen molar-refractivity contribution < 1.29 is 23.7 Å². The van der Waals surface area contributed by atoms with Crippen molar-refractivity contribution >= 4 is 5.91 Å². The Balaban J connectivity index is 1.35. The third kappa shape index (κ3) is 5.91. The van der Waals surface area contributed by atoms with E-state index in [1.165, 1.54) is 5.56 Å². The van der Waals surface area contributed by atoms with Gasteiger partial charge in [0.2, 0.25) is 5.75 Å². The van der Waals surface area contributed by atoms with Crippen LogP contribution in [0.25, 0.3) is 0 Å². The molecule has 0 unspecified atom stereocenters. The number of benzene rings is 3. The fraction of sp³-hybridized carbons (Fsp3) is 0.345. The molecule has 3 aromatic carbocycles. The van der Waals surface area contributed by atoms with Crippen LogP contribution in [0.3, 0.4) is 0 Å². The van der Waals surface area contributed by atoms with E-state index in [4.69, 9.17) is 18.9 Å². The van der Waals surface area contributed by atoms with Gasteiger partial charge in [0.25, 0.3) is 5.91 Å². The lowest BCUT2D eigenvalue weighted by Crippen LogP contribution is -2.48. The van der Waals surface area contributed by atoms with Gasteiger partial charge in [0.05, 0.1) is 21.3 Å². The molecule has 0 saturated carbocycles. The van der Waals surface area contributed by atoms with Crippen LogP contribution in [0.1, 0.15) is 27.0 Å². The highest BCUT2D eigenvalue weighted by molar-refractivity contribution is 5.94. The second kappa shape index (κ2) is 11.8. The maximum atomic E-state index is 13.2. The number of rotatable bonds is 9. The molecule has 3 aromatic rings. The first kappa shape index (κ1) is 25.4. The number of methoxy groups -OCH3 is 3. The summed E-state index contributed by atoms with van der Waals surface area (Å²) in [5, 5.41) is 0. The van der Waals surface area contributed by atoms with E-state index in [9.17, 15) is 4.79 Å². The van der Waals surface area contributed by atoms with Crippen LogP contribution in [0.15, 0.2) is 60.7 Å². The van der Waals surface area contributed by atoms with Gasteiger partial charge in [-0.15, -0.1) is 0 Å². The zero-order valence-electron chi connectivity index (χ0n) is 21.5. The van der Waals surface area contributed by atoms with Crippen LogP contribution in [0.2, 0.25) is 0 Å². The Morgan fingerprint density at radius 2 is 1.58 bits per heavy atom. The fourth-order valence-electron chi connectivity index (χ4n) is 4.51. The lowest BCUT2D eigenvalue weighted by molar-refractivity contribution is 0.0627. The molecule has 0 aliphatic carbocycles. The van der Waals surface area contributed by atoms with Gasteiger partial charge in [-0.1, -0.05) is 42.0 Å². The van der Waals surface area contributed by atoms with Crippen LogP contribution >= 0.6 is 0 Å². The number of piperazine rings is 1. The first-order valence-electron chi connectivity index (χ1n) is 12.1. The Labute approximate surface area is 213 Å². The van der Waals surface area contributed by atoms with E-state index in [0.29, 0.717) is 54.8 Å². The van der Waals surface area contributed by atoms with E-state index < -0.39 is 0 Å². The summed E-state index contributed by atoms with van der Waals surface area (Å²) in [6, 6.07) is 19.6. The molecule has 190 valence electrons. The molecule has 1 aliphatic heterocycles. The zero-order chi connectivity index (χ0) is 25.5. The van der Waals surface area contributed by atoms with E-state index in [-0.39, 0.29) is 5.91 Å². The smallest absolute Gasteiger partial charge is 0.254 e. The van der Waals surface area contributed by atoms with Gasteiger partial charge in [-0.3, -0.25) is 9.69 Å². The summed E-state index contributed by atoms with van der Waals surface area (Å²) < 4.78 is 22.5. The zero-order valence-corrected chi connectivity index (χ0v) is 21.5. The fourth-order valence-corrected chi connectivity index (χ4v) is 4.51. The normalized spacial score (nSPS) is 13.8. The predicted molar refractivity (Wildman–Crippen MR) is 139 cm³/mol. The van der Waals surface area contributed by atoms with Crippen molar-refractivity contribution in [1.29, 1.82) is 0 Å². The Kier molecular flexibility index (Phi) is 8.33. The summed E-state index contributed by atoms with van der Waals surface area (Å²) in [5.74, 6) is 2.63. The molecule has 1 aliphatic rings. The molecular formula is C29H34N2O5. The van der Waals surface area contributed by atoms with E-state index in [0.717, 1.165) is 24.2 Å². The summed E-state index contributed by atoms with van der Waals surface area (Å²) >= 11 is 0. The minimum absolute atomic E-state index is 0.0272. The van der Waals surface area contributed by atoms with Crippen molar-refractivity contribution in [3.8, 4) is 23.0 Å². The summed E-state index contributed by atoms with van der Waals surface area (Å²) in [6.45, 7) is 6.09. The average Bonchev–Trinajstić information content (AvgIpc) is 2.91. The predicted octanol–water partition coefficient (Wildman–Crippen LogP) is 4.56. The lowest BCUT2D eigenvalue weighted by Gasteiger charge is -2.35. The number of hydrogen-bond donors (Lipinski definition) is 0. The second-order valence-electron chi connectivity index (χ2n) is 8.87. The molecule has 0 radical (unpaired) electrons. The molecule has 0 atom stereocenters. The molecule has 7 nitrogen and oxygen atoms in total. The molecule has 1 heterocycles. The SMILES string of the molecule is COc1ccc(CN2CCN(C(=O)c3cccc(OCc4cccc(C)c4)c3)CC2)c(OC)c1OC. The summed E-state index contributed by atoms with van der Waals surface area (Å²) in [6.07, 6.45) is 0. The number of nitrogens with zero attached hydrogens (tertiary/aromatic N) is 2. The molecule has 4 rings (SSSR count). The van der Waals surface area contributed by atoms with Crippen molar-refractivity contribution in [2.75, 3.05) is 47.5 Å². The third-order valence-corrected chi connectivity index (χ3v) is 6.41. The molecule has 0 spiro atoms. The number of hydrogen-bond acceptors (Lipinski definition) is 6. The van der Waals surface area contributed by atoms with Crippen molar-refractivity contribution in [2.24, 2.45) is 0 Å². The van der Waals surface area contributed by atoms with Crippen LogP contribution in [-0.4, -0.2) is 63.2 Å². The summed E-state index contributed by atoms with van der Waals surface area (Å²) in [7, 11) is 4.85. The highest BCUT2D eigenvalue weighted by Crippen LogP contribution is 2.40. The van der Waals surface area contributed by atoms with Gasteiger partial charge in [-0.05, 0) is 36.8 Å². The van der Waals surface area contributed by atoms with Gasteiger partial charge >= 0.3 is 0 Å². The molecule has 1 saturated heterocycles. The van der Waals surface area contributed by atoms with Gasteiger partial charge in [-0.2, -0.15) is 0 Å². The Morgan fingerprint density at radius 1 is 0.833 bits per heavy atom. The van der Waals surface area contributed by atoms with Crippen LogP contribution < -0.4 is 18.9 Å². The van der Waals surface area contributed by atoms with Crippen LogP contribution in [-0.2, 0) is 13.2 Å². The number of ether oxygens (including phenoxy) is 4. The van der Waals surface area contributed by atoms with Gasteiger partial charge in [-0.25, -0.2) is 0 Å². The number of amides is 1. The highest BCUT2D eigenvalue weighted by Gasteiger charge is 2.24. The molecule has 1 amide bonds. The summed E-state index contributed by atoms with van der Waals surface area (Å²) in [5.41, 5.74) is 3.97. The average molecular weight is 491 g/mol. The van der Waals surface area contributed by atoms with E-state index in [1.54, 1.807) is 21.3 Å². The van der Waals surface area contributed by atoms with Crippen molar-refractivity contribution in [3.63, 3.8) is 0 Å². The first-order chi connectivity index (χ1) is 17.5. The molecule has 0 N–H and O–H groups in total. The number of aryl methyl sites for hydroxylation is 1. The van der Waals surface area contributed by atoms with Crippen LogP contribution in [0, 0.1) is 6.92 Å². The number of carbonyl (C=O) groups excluding carboxylic acids is 1. The van der Waals surface area contributed by atoms with Gasteiger partial charge in [0.15, 0.2) is 11.5 Å². The highest BCUT2D eigenvalue weighted by atomic mass is 16.5. The molecule has 0 bridgehead atoms. The monoisotopic (exact) mass is 490 g/mol. The van der Waals surface area contributed by atoms with Crippen LogP contribution in [0.4, 0.5) is 0 Å².